The first-order valence-electron chi connectivity index (χ1n) is 4.92. The zero-order chi connectivity index (χ0) is 10.7. The zero-order valence-electron chi connectivity index (χ0n) is 8.53. The molecule has 1 aliphatic heterocycles. The molecule has 0 spiro atoms. The molecule has 1 aliphatic rings. The predicted octanol–water partition coefficient (Wildman–Crippen LogP) is 2.18. The van der Waals surface area contributed by atoms with Crippen molar-refractivity contribution in [2.24, 2.45) is 0 Å². The molecule has 4 nitrogen and oxygen atoms in total. The van der Waals surface area contributed by atoms with Gasteiger partial charge in [-0.3, -0.25) is 0 Å². The summed E-state index contributed by atoms with van der Waals surface area (Å²) in [6.45, 7) is 2.38. The van der Waals surface area contributed by atoms with E-state index in [1.54, 1.807) is 6.26 Å². The van der Waals surface area contributed by atoms with Gasteiger partial charge in [0.2, 0.25) is 0 Å². The number of hydrogen-bond donors (Lipinski definition) is 1. The second-order valence-corrected chi connectivity index (χ2v) is 3.56. The molecule has 1 N–H and O–H groups in total. The van der Waals surface area contributed by atoms with E-state index < -0.39 is 0 Å². The van der Waals surface area contributed by atoms with Crippen molar-refractivity contribution in [3.8, 4) is 0 Å². The number of ether oxygens (including phenoxy) is 1. The lowest BCUT2D eigenvalue weighted by Gasteiger charge is -2.19. The Morgan fingerprint density at radius 3 is 3.07 bits per heavy atom. The van der Waals surface area contributed by atoms with E-state index in [9.17, 15) is 4.79 Å². The lowest BCUT2D eigenvalue weighted by molar-refractivity contribution is 0.174. The van der Waals surface area contributed by atoms with Gasteiger partial charge in [-0.05, 0) is 24.6 Å². The minimum atomic E-state index is -0.385. The molecule has 0 bridgehead atoms. The Bertz CT molecular complexity index is 369. The molecule has 15 heavy (non-hydrogen) atoms. The highest BCUT2D eigenvalue weighted by Gasteiger charge is 2.35. The highest BCUT2D eigenvalue weighted by Crippen LogP contribution is 2.20. The van der Waals surface area contributed by atoms with Crippen molar-refractivity contribution < 1.29 is 13.9 Å². The van der Waals surface area contributed by atoms with Gasteiger partial charge in [0.1, 0.15) is 12.4 Å². The van der Waals surface area contributed by atoms with E-state index in [1.165, 1.54) is 0 Å². The summed E-state index contributed by atoms with van der Waals surface area (Å²) in [4.78, 5) is 11.0. The second kappa shape index (κ2) is 3.81. The van der Waals surface area contributed by atoms with E-state index in [-0.39, 0.29) is 11.6 Å². The molecule has 0 saturated carbocycles. The largest absolute Gasteiger partial charge is 0.465 e. The molecular weight excluding hydrogens is 194 g/mol. The molecule has 1 amide bonds. The molecule has 4 heteroatoms. The average molecular weight is 207 g/mol. The zero-order valence-corrected chi connectivity index (χ0v) is 8.53. The quantitative estimate of drug-likeness (QED) is 0.826. The standard InChI is InChI=1S/C11H13NO3/c1-2-11(8-15-10(13)12-11)6-5-9-4-3-7-14-9/h3-7H,2,8H2,1H3,(H,12,13)/b6-5+/t11-/m1/s1. The van der Waals surface area contributed by atoms with Gasteiger partial charge in [0.15, 0.2) is 0 Å². The van der Waals surface area contributed by atoms with Crippen molar-refractivity contribution in [2.45, 2.75) is 18.9 Å². The van der Waals surface area contributed by atoms with Crippen LogP contribution in [0.1, 0.15) is 19.1 Å². The fourth-order valence-electron chi connectivity index (χ4n) is 1.50. The van der Waals surface area contributed by atoms with Crippen molar-refractivity contribution in [2.75, 3.05) is 6.61 Å². The number of amides is 1. The lowest BCUT2D eigenvalue weighted by atomic mass is 9.97. The lowest BCUT2D eigenvalue weighted by Crippen LogP contribution is -2.40. The van der Waals surface area contributed by atoms with Crippen molar-refractivity contribution in [3.63, 3.8) is 0 Å². The third-order valence-corrected chi connectivity index (χ3v) is 2.55. The van der Waals surface area contributed by atoms with Crippen LogP contribution in [0.15, 0.2) is 28.9 Å². The predicted molar refractivity (Wildman–Crippen MR) is 55.2 cm³/mol. The van der Waals surface area contributed by atoms with Crippen LogP contribution in [0.5, 0.6) is 0 Å². The maximum atomic E-state index is 11.0. The maximum Gasteiger partial charge on any atom is 0.408 e. The van der Waals surface area contributed by atoms with Crippen LogP contribution in [0.2, 0.25) is 0 Å². The number of carbonyl (C=O) groups is 1. The Morgan fingerprint density at radius 1 is 1.67 bits per heavy atom. The van der Waals surface area contributed by atoms with Crippen molar-refractivity contribution in [1.29, 1.82) is 0 Å². The number of cyclic esters (lactones) is 1. The fourth-order valence-corrected chi connectivity index (χ4v) is 1.50. The fraction of sp³-hybridized carbons (Fsp3) is 0.364. The van der Waals surface area contributed by atoms with Gasteiger partial charge in [-0.2, -0.15) is 0 Å². The van der Waals surface area contributed by atoms with Gasteiger partial charge < -0.3 is 14.5 Å². The maximum absolute atomic E-state index is 11.0. The highest BCUT2D eigenvalue weighted by molar-refractivity contribution is 5.72. The van der Waals surface area contributed by atoms with Crippen molar-refractivity contribution in [1.82, 2.24) is 5.32 Å². The summed E-state index contributed by atoms with van der Waals surface area (Å²) in [6.07, 6.45) is 5.80. The molecule has 2 rings (SSSR count). The Balaban J connectivity index is 2.12. The van der Waals surface area contributed by atoms with Crippen LogP contribution in [-0.2, 0) is 4.74 Å². The van der Waals surface area contributed by atoms with Gasteiger partial charge in [-0.15, -0.1) is 0 Å². The summed E-state index contributed by atoms with van der Waals surface area (Å²) in [6, 6.07) is 3.68. The van der Waals surface area contributed by atoms with E-state index in [2.05, 4.69) is 5.32 Å². The minimum absolute atomic E-state index is 0.360. The van der Waals surface area contributed by atoms with E-state index in [0.29, 0.717) is 6.61 Å². The molecule has 0 radical (unpaired) electrons. The number of hydrogen-bond acceptors (Lipinski definition) is 3. The van der Waals surface area contributed by atoms with Crippen LogP contribution >= 0.6 is 0 Å². The first-order chi connectivity index (χ1) is 7.24. The van der Waals surface area contributed by atoms with Crippen LogP contribution in [0, 0.1) is 0 Å². The molecule has 80 valence electrons. The first kappa shape index (κ1) is 9.83. The number of rotatable bonds is 3. The third-order valence-electron chi connectivity index (χ3n) is 2.55. The normalized spacial score (nSPS) is 25.5. The molecule has 1 aromatic rings. The monoisotopic (exact) mass is 207 g/mol. The first-order valence-corrected chi connectivity index (χ1v) is 4.92. The number of carbonyl (C=O) groups excluding carboxylic acids is 1. The van der Waals surface area contributed by atoms with Crippen LogP contribution in [-0.4, -0.2) is 18.2 Å². The summed E-state index contributed by atoms with van der Waals surface area (Å²) in [5.74, 6) is 0.768. The summed E-state index contributed by atoms with van der Waals surface area (Å²) < 4.78 is 10.1. The number of nitrogens with one attached hydrogen (secondary N) is 1. The summed E-state index contributed by atoms with van der Waals surface area (Å²) in [7, 11) is 0. The molecule has 2 heterocycles. The Morgan fingerprint density at radius 2 is 2.53 bits per heavy atom. The van der Waals surface area contributed by atoms with Gasteiger partial charge >= 0.3 is 6.09 Å². The van der Waals surface area contributed by atoms with Crippen LogP contribution < -0.4 is 5.32 Å². The van der Waals surface area contributed by atoms with E-state index in [4.69, 9.17) is 9.15 Å². The Hall–Kier alpha value is -1.71. The van der Waals surface area contributed by atoms with E-state index in [1.807, 2.05) is 31.2 Å². The van der Waals surface area contributed by atoms with Crippen molar-refractivity contribution >= 4 is 12.2 Å². The molecule has 1 saturated heterocycles. The van der Waals surface area contributed by atoms with E-state index >= 15 is 0 Å². The molecule has 1 atom stereocenters. The number of furan rings is 1. The topological polar surface area (TPSA) is 51.5 Å². The Labute approximate surface area is 87.9 Å². The summed E-state index contributed by atoms with van der Waals surface area (Å²) in [5.41, 5.74) is -0.385. The van der Waals surface area contributed by atoms with Crippen LogP contribution in [0.25, 0.3) is 6.08 Å². The second-order valence-electron chi connectivity index (χ2n) is 3.56. The molecule has 1 aromatic heterocycles. The average Bonchev–Trinajstić information content (AvgIpc) is 2.85. The Kier molecular flexibility index (Phi) is 2.49. The van der Waals surface area contributed by atoms with Crippen LogP contribution in [0.3, 0.4) is 0 Å². The van der Waals surface area contributed by atoms with E-state index in [0.717, 1.165) is 12.2 Å². The minimum Gasteiger partial charge on any atom is -0.465 e. The summed E-state index contributed by atoms with van der Waals surface area (Å²) >= 11 is 0. The van der Waals surface area contributed by atoms with Crippen LogP contribution in [0.4, 0.5) is 4.79 Å². The smallest absolute Gasteiger partial charge is 0.408 e. The van der Waals surface area contributed by atoms with Crippen molar-refractivity contribution in [3.05, 3.63) is 30.2 Å². The van der Waals surface area contributed by atoms with Gasteiger partial charge in [-0.1, -0.05) is 13.0 Å². The third kappa shape index (κ3) is 2.03. The molecule has 1 fully saturated rings. The highest BCUT2D eigenvalue weighted by atomic mass is 16.6. The molecule has 0 aliphatic carbocycles. The molecular formula is C11H13NO3. The summed E-state index contributed by atoms with van der Waals surface area (Å²) in [5, 5.41) is 2.79. The van der Waals surface area contributed by atoms with Gasteiger partial charge in [0, 0.05) is 0 Å². The van der Waals surface area contributed by atoms with Gasteiger partial charge in [-0.25, -0.2) is 4.79 Å². The number of alkyl carbamates (subject to hydrolysis) is 1. The SMILES string of the molecule is CC[C@@]1(/C=C/c2ccco2)COC(=O)N1. The van der Waals surface area contributed by atoms with Gasteiger partial charge in [0.05, 0.1) is 11.8 Å². The molecule has 0 unspecified atom stereocenters. The molecule has 0 aromatic carbocycles. The van der Waals surface area contributed by atoms with Gasteiger partial charge in [0.25, 0.3) is 0 Å².